The van der Waals surface area contributed by atoms with Crippen molar-refractivity contribution < 1.29 is 0 Å². The number of aromatic nitrogens is 4. The molecular formula is C12H17N5. The van der Waals surface area contributed by atoms with Gasteiger partial charge in [0.25, 0.3) is 0 Å². The predicted molar refractivity (Wildman–Crippen MR) is 67.0 cm³/mol. The van der Waals surface area contributed by atoms with Crippen LogP contribution in [0.2, 0.25) is 0 Å². The van der Waals surface area contributed by atoms with E-state index in [-0.39, 0.29) is 0 Å². The van der Waals surface area contributed by atoms with Gasteiger partial charge in [0.1, 0.15) is 12.4 Å². The first-order valence-electron chi connectivity index (χ1n) is 5.75. The lowest BCUT2D eigenvalue weighted by molar-refractivity contribution is 0.653. The van der Waals surface area contributed by atoms with Crippen LogP contribution < -0.4 is 5.32 Å². The van der Waals surface area contributed by atoms with Crippen LogP contribution in [0.25, 0.3) is 0 Å². The third kappa shape index (κ3) is 3.03. The van der Waals surface area contributed by atoms with E-state index >= 15 is 0 Å². The standard InChI is InChI=1S/C12H17N5/c1-4-13-11-5-10(3)15-12(16-11)8-17-7-9(2)6-14-17/h5-7H,4,8H2,1-3H3,(H,13,15,16). The Balaban J connectivity index is 2.20. The second-order valence-electron chi connectivity index (χ2n) is 4.06. The van der Waals surface area contributed by atoms with Gasteiger partial charge >= 0.3 is 0 Å². The van der Waals surface area contributed by atoms with Crippen LogP contribution in [0.5, 0.6) is 0 Å². The van der Waals surface area contributed by atoms with Crippen LogP contribution in [0.3, 0.4) is 0 Å². The first-order chi connectivity index (χ1) is 8.17. The Hall–Kier alpha value is -1.91. The van der Waals surface area contributed by atoms with Crippen LogP contribution in [0, 0.1) is 13.8 Å². The van der Waals surface area contributed by atoms with Crippen LogP contribution in [0.1, 0.15) is 24.0 Å². The highest BCUT2D eigenvalue weighted by Gasteiger charge is 2.03. The largest absolute Gasteiger partial charge is 0.370 e. The van der Waals surface area contributed by atoms with E-state index in [1.165, 1.54) is 0 Å². The lowest BCUT2D eigenvalue weighted by Crippen LogP contribution is -2.08. The molecule has 2 aromatic rings. The molecule has 0 saturated heterocycles. The van der Waals surface area contributed by atoms with E-state index in [9.17, 15) is 0 Å². The highest BCUT2D eigenvalue weighted by atomic mass is 15.3. The second kappa shape index (κ2) is 4.95. The Bertz CT molecular complexity index is 503. The summed E-state index contributed by atoms with van der Waals surface area (Å²) in [6.07, 6.45) is 3.82. The summed E-state index contributed by atoms with van der Waals surface area (Å²) in [5.74, 6) is 1.66. The zero-order valence-electron chi connectivity index (χ0n) is 10.4. The van der Waals surface area contributed by atoms with Gasteiger partial charge in [0.15, 0.2) is 5.82 Å². The first-order valence-corrected chi connectivity index (χ1v) is 5.75. The molecule has 1 N–H and O–H groups in total. The molecule has 0 atom stereocenters. The van der Waals surface area contributed by atoms with E-state index in [4.69, 9.17) is 0 Å². The molecule has 0 saturated carbocycles. The van der Waals surface area contributed by atoms with Crippen molar-refractivity contribution in [3.63, 3.8) is 0 Å². The molecule has 0 aliphatic carbocycles. The van der Waals surface area contributed by atoms with Crippen molar-refractivity contribution in [2.24, 2.45) is 0 Å². The van der Waals surface area contributed by atoms with Crippen molar-refractivity contribution >= 4 is 5.82 Å². The van der Waals surface area contributed by atoms with Crippen molar-refractivity contribution in [2.45, 2.75) is 27.3 Å². The molecule has 0 aromatic carbocycles. The molecule has 0 amide bonds. The number of anilines is 1. The van der Waals surface area contributed by atoms with Gasteiger partial charge in [-0.1, -0.05) is 0 Å². The number of hydrogen-bond acceptors (Lipinski definition) is 4. The molecule has 0 aliphatic heterocycles. The van der Waals surface area contributed by atoms with Gasteiger partial charge < -0.3 is 5.32 Å². The van der Waals surface area contributed by atoms with E-state index in [0.29, 0.717) is 6.54 Å². The minimum atomic E-state index is 0.605. The topological polar surface area (TPSA) is 55.6 Å². The SMILES string of the molecule is CCNc1cc(C)nc(Cn2cc(C)cn2)n1. The predicted octanol–water partition coefficient (Wildman–Crippen LogP) is 1.77. The Morgan fingerprint density at radius 1 is 1.29 bits per heavy atom. The minimum Gasteiger partial charge on any atom is -0.370 e. The molecule has 17 heavy (non-hydrogen) atoms. The fraction of sp³-hybridized carbons (Fsp3) is 0.417. The molecule has 2 heterocycles. The van der Waals surface area contributed by atoms with Crippen molar-refractivity contribution in [3.8, 4) is 0 Å². The first kappa shape index (κ1) is 11.6. The maximum absolute atomic E-state index is 4.44. The molecule has 0 radical (unpaired) electrons. The molecule has 2 rings (SSSR count). The van der Waals surface area contributed by atoms with Crippen LogP contribution in [0.15, 0.2) is 18.5 Å². The monoisotopic (exact) mass is 231 g/mol. The molecular weight excluding hydrogens is 214 g/mol. The number of nitrogens with one attached hydrogen (secondary N) is 1. The third-order valence-corrected chi connectivity index (χ3v) is 2.32. The highest BCUT2D eigenvalue weighted by Crippen LogP contribution is 2.07. The Morgan fingerprint density at radius 2 is 2.12 bits per heavy atom. The summed E-state index contributed by atoms with van der Waals surface area (Å²) in [5, 5.41) is 7.43. The molecule has 0 spiro atoms. The average Bonchev–Trinajstić information content (AvgIpc) is 2.63. The van der Waals surface area contributed by atoms with Crippen LogP contribution in [-0.2, 0) is 6.54 Å². The summed E-state index contributed by atoms with van der Waals surface area (Å²) in [7, 11) is 0. The zero-order valence-corrected chi connectivity index (χ0v) is 10.4. The Labute approximate surface area is 101 Å². The fourth-order valence-corrected chi connectivity index (χ4v) is 1.67. The summed E-state index contributed by atoms with van der Waals surface area (Å²) in [6.45, 7) is 7.50. The van der Waals surface area contributed by atoms with Gasteiger partial charge in [-0.25, -0.2) is 9.97 Å². The minimum absolute atomic E-state index is 0.605. The number of aryl methyl sites for hydroxylation is 2. The Morgan fingerprint density at radius 3 is 2.76 bits per heavy atom. The molecule has 0 bridgehead atoms. The fourth-order valence-electron chi connectivity index (χ4n) is 1.67. The normalized spacial score (nSPS) is 10.5. The lowest BCUT2D eigenvalue weighted by atomic mass is 10.4. The van der Waals surface area contributed by atoms with Gasteiger partial charge in [0, 0.05) is 24.5 Å². The average molecular weight is 231 g/mol. The molecule has 90 valence electrons. The summed E-state index contributed by atoms with van der Waals surface area (Å²) in [5.41, 5.74) is 2.11. The van der Waals surface area contributed by atoms with Crippen LogP contribution >= 0.6 is 0 Å². The van der Waals surface area contributed by atoms with E-state index in [1.54, 1.807) is 0 Å². The van der Waals surface area contributed by atoms with Gasteiger partial charge in [-0.3, -0.25) is 4.68 Å². The van der Waals surface area contributed by atoms with E-state index < -0.39 is 0 Å². The van der Waals surface area contributed by atoms with E-state index in [2.05, 4.69) is 20.4 Å². The summed E-state index contributed by atoms with van der Waals surface area (Å²) in [6, 6.07) is 1.95. The van der Waals surface area contributed by atoms with Gasteiger partial charge in [0.2, 0.25) is 0 Å². The van der Waals surface area contributed by atoms with Gasteiger partial charge in [0.05, 0.1) is 6.20 Å². The summed E-state index contributed by atoms with van der Waals surface area (Å²) in [4.78, 5) is 8.85. The number of rotatable bonds is 4. The van der Waals surface area contributed by atoms with Gasteiger partial charge in [-0.15, -0.1) is 0 Å². The van der Waals surface area contributed by atoms with Crippen LogP contribution in [0.4, 0.5) is 5.82 Å². The third-order valence-electron chi connectivity index (χ3n) is 2.32. The lowest BCUT2D eigenvalue weighted by Gasteiger charge is -2.06. The van der Waals surface area contributed by atoms with Crippen molar-refractivity contribution in [3.05, 3.63) is 35.5 Å². The molecule has 0 unspecified atom stereocenters. The molecule has 2 aromatic heterocycles. The summed E-state index contributed by atoms with van der Waals surface area (Å²) < 4.78 is 1.85. The molecule has 5 nitrogen and oxygen atoms in total. The van der Waals surface area contributed by atoms with Gasteiger partial charge in [-0.05, 0) is 26.3 Å². The molecule has 0 aliphatic rings. The summed E-state index contributed by atoms with van der Waals surface area (Å²) >= 11 is 0. The molecule has 5 heteroatoms. The Kier molecular flexibility index (Phi) is 3.37. The molecule has 0 fully saturated rings. The van der Waals surface area contributed by atoms with Crippen molar-refractivity contribution in [2.75, 3.05) is 11.9 Å². The van der Waals surface area contributed by atoms with Crippen molar-refractivity contribution in [1.29, 1.82) is 0 Å². The smallest absolute Gasteiger partial charge is 0.152 e. The maximum Gasteiger partial charge on any atom is 0.152 e. The van der Waals surface area contributed by atoms with Crippen LogP contribution in [-0.4, -0.2) is 26.3 Å². The van der Waals surface area contributed by atoms with E-state index in [0.717, 1.165) is 29.4 Å². The maximum atomic E-state index is 4.44. The number of hydrogen-bond donors (Lipinski definition) is 1. The highest BCUT2D eigenvalue weighted by molar-refractivity contribution is 5.35. The van der Waals surface area contributed by atoms with Crippen molar-refractivity contribution in [1.82, 2.24) is 19.7 Å². The quantitative estimate of drug-likeness (QED) is 0.871. The zero-order chi connectivity index (χ0) is 12.3. The van der Waals surface area contributed by atoms with E-state index in [1.807, 2.05) is 43.9 Å². The van der Waals surface area contributed by atoms with Gasteiger partial charge in [-0.2, -0.15) is 5.10 Å². The number of nitrogens with zero attached hydrogens (tertiary/aromatic N) is 4. The second-order valence-corrected chi connectivity index (χ2v) is 4.06.